The summed E-state index contributed by atoms with van der Waals surface area (Å²) < 4.78 is 54.1. The molecule has 0 radical (unpaired) electrons. The van der Waals surface area contributed by atoms with Gasteiger partial charge in [0.2, 0.25) is 10.0 Å². The topological polar surface area (TPSA) is 69.7 Å². The minimum atomic E-state index is -3.74. The molecule has 0 spiro atoms. The number of nitrogens with zero attached hydrogens (tertiary/aromatic N) is 2. The third kappa shape index (κ3) is 5.22. The average Bonchev–Trinajstić information content (AvgIpc) is 3.26. The van der Waals surface area contributed by atoms with E-state index in [2.05, 4.69) is 5.32 Å². The summed E-state index contributed by atoms with van der Waals surface area (Å²) in [5.41, 5.74) is 1.16. The first-order valence-corrected chi connectivity index (χ1v) is 11.8. The fourth-order valence-corrected chi connectivity index (χ4v) is 5.28. The van der Waals surface area contributed by atoms with Crippen LogP contribution in [0.3, 0.4) is 0 Å². The number of carbonyl (C=O) groups excluding carboxylic acids is 1. The van der Waals surface area contributed by atoms with Gasteiger partial charge in [0.05, 0.1) is 10.5 Å². The molecule has 9 heteroatoms. The second kappa shape index (κ2) is 9.74. The quantitative estimate of drug-likeness (QED) is 0.667. The number of rotatable bonds is 8. The lowest BCUT2D eigenvalue weighted by Gasteiger charge is -2.23. The Morgan fingerprint density at radius 1 is 1.03 bits per heavy atom. The lowest BCUT2D eigenvalue weighted by atomic mass is 10.1. The SMILES string of the molecule is CCN(CC)S(=O)(=O)c1ccc(N2CCCC2)c(C(=O)NCc2cc(F)cc(F)c2)c1. The van der Waals surface area contributed by atoms with Crippen molar-refractivity contribution in [2.45, 2.75) is 38.1 Å². The summed E-state index contributed by atoms with van der Waals surface area (Å²) in [6.45, 7) is 5.62. The maximum Gasteiger partial charge on any atom is 0.253 e. The molecule has 31 heavy (non-hydrogen) atoms. The van der Waals surface area contributed by atoms with Crippen molar-refractivity contribution >= 4 is 21.6 Å². The van der Waals surface area contributed by atoms with E-state index in [1.807, 2.05) is 4.90 Å². The summed E-state index contributed by atoms with van der Waals surface area (Å²) in [6.07, 6.45) is 1.98. The molecule has 1 N–H and O–H groups in total. The maximum absolute atomic E-state index is 13.4. The first-order chi connectivity index (χ1) is 14.8. The fraction of sp³-hybridized carbons (Fsp3) is 0.409. The van der Waals surface area contributed by atoms with Gasteiger partial charge >= 0.3 is 0 Å². The largest absolute Gasteiger partial charge is 0.371 e. The Morgan fingerprint density at radius 3 is 2.23 bits per heavy atom. The molecule has 0 aromatic heterocycles. The van der Waals surface area contributed by atoms with E-state index in [-0.39, 0.29) is 22.6 Å². The van der Waals surface area contributed by atoms with Gasteiger partial charge in [-0.15, -0.1) is 0 Å². The third-order valence-corrected chi connectivity index (χ3v) is 7.42. The summed E-state index contributed by atoms with van der Waals surface area (Å²) in [5.74, 6) is -1.95. The minimum absolute atomic E-state index is 0.0427. The smallest absolute Gasteiger partial charge is 0.253 e. The van der Waals surface area contributed by atoms with Gasteiger partial charge < -0.3 is 10.2 Å². The van der Waals surface area contributed by atoms with Crippen LogP contribution in [-0.4, -0.2) is 44.8 Å². The van der Waals surface area contributed by atoms with Crippen LogP contribution in [0.4, 0.5) is 14.5 Å². The van der Waals surface area contributed by atoms with Crippen molar-refractivity contribution in [2.75, 3.05) is 31.1 Å². The lowest BCUT2D eigenvalue weighted by Crippen LogP contribution is -2.32. The molecular weight excluding hydrogens is 424 g/mol. The summed E-state index contributed by atoms with van der Waals surface area (Å²) in [5, 5.41) is 2.66. The number of amides is 1. The second-order valence-corrected chi connectivity index (χ2v) is 9.36. The molecule has 3 rings (SSSR count). The predicted molar refractivity (Wildman–Crippen MR) is 116 cm³/mol. The monoisotopic (exact) mass is 451 g/mol. The van der Waals surface area contributed by atoms with E-state index < -0.39 is 27.6 Å². The Balaban J connectivity index is 1.93. The van der Waals surface area contributed by atoms with Gasteiger partial charge in [-0.2, -0.15) is 4.31 Å². The zero-order chi connectivity index (χ0) is 22.6. The standard InChI is InChI=1S/C22H27F2N3O3S/c1-3-27(4-2)31(29,30)19-7-8-21(26-9-5-6-10-26)20(14-19)22(28)25-15-16-11-17(23)13-18(24)12-16/h7-8,11-14H,3-6,9-10,15H2,1-2H3,(H,25,28). The van der Waals surface area contributed by atoms with E-state index in [0.717, 1.165) is 44.1 Å². The number of hydrogen-bond acceptors (Lipinski definition) is 4. The van der Waals surface area contributed by atoms with Gasteiger partial charge in [0.15, 0.2) is 0 Å². The van der Waals surface area contributed by atoms with Gasteiger partial charge in [0.1, 0.15) is 11.6 Å². The molecule has 0 atom stereocenters. The van der Waals surface area contributed by atoms with Gasteiger partial charge in [-0.25, -0.2) is 17.2 Å². The summed E-state index contributed by atoms with van der Waals surface area (Å²) >= 11 is 0. The minimum Gasteiger partial charge on any atom is -0.371 e. The molecule has 1 fully saturated rings. The van der Waals surface area contributed by atoms with Gasteiger partial charge in [0.25, 0.3) is 5.91 Å². The predicted octanol–water partition coefficient (Wildman–Crippen LogP) is 3.53. The Bertz CT molecular complexity index is 1030. The van der Waals surface area contributed by atoms with Gasteiger partial charge in [0, 0.05) is 44.5 Å². The van der Waals surface area contributed by atoms with E-state index in [0.29, 0.717) is 18.8 Å². The molecular formula is C22H27F2N3O3S. The Hall–Kier alpha value is -2.52. The molecule has 0 unspecified atom stereocenters. The first kappa shape index (κ1) is 23.1. The van der Waals surface area contributed by atoms with Crippen LogP contribution in [-0.2, 0) is 16.6 Å². The lowest BCUT2D eigenvalue weighted by molar-refractivity contribution is 0.0951. The highest BCUT2D eigenvalue weighted by Gasteiger charge is 2.26. The number of carbonyl (C=O) groups is 1. The number of nitrogens with one attached hydrogen (secondary N) is 1. The fourth-order valence-electron chi connectivity index (χ4n) is 3.79. The van der Waals surface area contributed by atoms with Crippen molar-refractivity contribution in [3.05, 3.63) is 59.2 Å². The third-order valence-electron chi connectivity index (χ3n) is 5.38. The second-order valence-electron chi connectivity index (χ2n) is 7.42. The number of sulfonamides is 1. The van der Waals surface area contributed by atoms with Gasteiger partial charge in [-0.1, -0.05) is 13.8 Å². The normalized spacial score (nSPS) is 14.3. The van der Waals surface area contributed by atoms with E-state index in [9.17, 15) is 22.0 Å². The molecule has 1 aliphatic heterocycles. The molecule has 1 amide bonds. The van der Waals surface area contributed by atoms with E-state index in [1.165, 1.54) is 16.4 Å². The van der Waals surface area contributed by atoms with Crippen molar-refractivity contribution in [1.82, 2.24) is 9.62 Å². The summed E-state index contributed by atoms with van der Waals surface area (Å²) in [7, 11) is -3.74. The van der Waals surface area contributed by atoms with Crippen LogP contribution >= 0.6 is 0 Å². The molecule has 1 heterocycles. The van der Waals surface area contributed by atoms with E-state index in [1.54, 1.807) is 19.9 Å². The Kier molecular flexibility index (Phi) is 7.27. The average molecular weight is 452 g/mol. The van der Waals surface area contributed by atoms with Crippen LogP contribution in [0.5, 0.6) is 0 Å². The Labute approximate surface area is 181 Å². The zero-order valence-corrected chi connectivity index (χ0v) is 18.5. The molecule has 1 saturated heterocycles. The molecule has 6 nitrogen and oxygen atoms in total. The highest BCUT2D eigenvalue weighted by molar-refractivity contribution is 7.89. The van der Waals surface area contributed by atoms with E-state index >= 15 is 0 Å². The molecule has 0 bridgehead atoms. The number of hydrogen-bond donors (Lipinski definition) is 1. The van der Waals surface area contributed by atoms with Crippen molar-refractivity contribution < 1.29 is 22.0 Å². The number of anilines is 1. The highest BCUT2D eigenvalue weighted by atomic mass is 32.2. The molecule has 1 aliphatic rings. The molecule has 2 aromatic rings. The van der Waals surface area contributed by atoms with E-state index in [4.69, 9.17) is 0 Å². The van der Waals surface area contributed by atoms with Crippen molar-refractivity contribution in [3.63, 3.8) is 0 Å². The molecule has 168 valence electrons. The number of benzene rings is 2. The number of halogens is 2. The molecule has 2 aromatic carbocycles. The van der Waals surface area contributed by atoms with Crippen LogP contribution in [0.1, 0.15) is 42.6 Å². The van der Waals surface area contributed by atoms with Crippen LogP contribution < -0.4 is 10.2 Å². The summed E-state index contributed by atoms with van der Waals surface area (Å²) in [4.78, 5) is 15.1. The Morgan fingerprint density at radius 2 is 1.65 bits per heavy atom. The van der Waals surface area contributed by atoms with Crippen LogP contribution in [0.2, 0.25) is 0 Å². The van der Waals surface area contributed by atoms with Crippen molar-refractivity contribution in [1.29, 1.82) is 0 Å². The van der Waals surface area contributed by atoms with Crippen LogP contribution in [0, 0.1) is 11.6 Å². The molecule has 0 saturated carbocycles. The molecule has 0 aliphatic carbocycles. The van der Waals surface area contributed by atoms with Crippen molar-refractivity contribution in [3.8, 4) is 0 Å². The van der Waals surface area contributed by atoms with Gasteiger partial charge in [-0.05, 0) is 48.7 Å². The van der Waals surface area contributed by atoms with Gasteiger partial charge in [-0.3, -0.25) is 4.79 Å². The van der Waals surface area contributed by atoms with Crippen molar-refractivity contribution in [2.24, 2.45) is 0 Å². The first-order valence-electron chi connectivity index (χ1n) is 10.4. The summed E-state index contributed by atoms with van der Waals surface area (Å²) in [6, 6.07) is 7.64. The highest BCUT2D eigenvalue weighted by Crippen LogP contribution is 2.28. The van der Waals surface area contributed by atoms with Crippen LogP contribution in [0.25, 0.3) is 0 Å². The van der Waals surface area contributed by atoms with Crippen LogP contribution in [0.15, 0.2) is 41.3 Å². The maximum atomic E-state index is 13.4. The zero-order valence-electron chi connectivity index (χ0n) is 17.7.